The molecule has 0 unspecified atom stereocenters. The van der Waals surface area contributed by atoms with Crippen LogP contribution in [0.3, 0.4) is 0 Å². The number of hydrogen-bond donors (Lipinski definition) is 2. The molecule has 11 heavy (non-hydrogen) atoms. The van der Waals surface area contributed by atoms with Crippen LogP contribution in [0.15, 0.2) is 0 Å². The number of ether oxygens (including phenoxy) is 1. The highest BCUT2D eigenvalue weighted by Crippen LogP contribution is 1.86. The first kappa shape index (κ1) is 9.74. The number of carbonyl (C=O) groups is 2. The Morgan fingerprint density at radius 3 is 2.45 bits per heavy atom. The van der Waals surface area contributed by atoms with Crippen molar-refractivity contribution in [1.82, 2.24) is 5.32 Å². The highest BCUT2D eigenvalue weighted by molar-refractivity contribution is 5.79. The van der Waals surface area contributed by atoms with Crippen molar-refractivity contribution in [1.29, 1.82) is 0 Å². The molecule has 0 heterocycles. The number of esters is 1. The molecule has 0 aromatic heterocycles. The van der Waals surface area contributed by atoms with Gasteiger partial charge in [-0.25, -0.2) is 4.79 Å². The first-order chi connectivity index (χ1) is 5.02. The van der Waals surface area contributed by atoms with E-state index < -0.39 is 12.0 Å². The van der Waals surface area contributed by atoms with Gasteiger partial charge in [0, 0.05) is 0 Å². The summed E-state index contributed by atoms with van der Waals surface area (Å²) in [6.45, 7) is 3.28. The van der Waals surface area contributed by atoms with E-state index in [1.54, 1.807) is 13.8 Å². The molecule has 0 saturated heterocycles. The second-order valence-electron chi connectivity index (χ2n) is 2.26. The Labute approximate surface area is 64.9 Å². The van der Waals surface area contributed by atoms with E-state index in [2.05, 4.69) is 5.32 Å². The molecule has 0 aliphatic carbocycles. The molecular weight excluding hydrogens is 148 g/mol. The van der Waals surface area contributed by atoms with Crippen molar-refractivity contribution in [3.8, 4) is 0 Å². The van der Waals surface area contributed by atoms with Gasteiger partial charge in [-0.3, -0.25) is 4.79 Å². The predicted molar refractivity (Wildman–Crippen MR) is 38.8 cm³/mol. The van der Waals surface area contributed by atoms with Gasteiger partial charge in [0.25, 0.3) is 0 Å². The highest BCUT2D eigenvalue weighted by Gasteiger charge is 2.04. The van der Waals surface area contributed by atoms with Crippen LogP contribution in [-0.4, -0.2) is 24.6 Å². The van der Waals surface area contributed by atoms with Gasteiger partial charge in [-0.05, 0) is 13.8 Å². The highest BCUT2D eigenvalue weighted by atomic mass is 16.5. The third-order valence-electron chi connectivity index (χ3n) is 0.774. The summed E-state index contributed by atoms with van der Waals surface area (Å²) in [7, 11) is 0. The van der Waals surface area contributed by atoms with E-state index in [1.165, 1.54) is 0 Å². The minimum atomic E-state index is -0.731. The summed E-state index contributed by atoms with van der Waals surface area (Å²) in [5, 5.41) is 2.11. The molecule has 5 nitrogen and oxygen atoms in total. The molecule has 0 saturated carbocycles. The second-order valence-corrected chi connectivity index (χ2v) is 2.26. The largest absolute Gasteiger partial charge is 0.462 e. The molecule has 0 radical (unpaired) electrons. The fourth-order valence-corrected chi connectivity index (χ4v) is 0.464. The van der Waals surface area contributed by atoms with Crippen molar-refractivity contribution < 1.29 is 14.3 Å². The summed E-state index contributed by atoms with van der Waals surface area (Å²) in [6, 6.07) is -0.731. The fourth-order valence-electron chi connectivity index (χ4n) is 0.464. The van der Waals surface area contributed by atoms with Gasteiger partial charge in [-0.15, -0.1) is 0 Å². The lowest BCUT2D eigenvalue weighted by molar-refractivity contribution is -0.146. The van der Waals surface area contributed by atoms with Gasteiger partial charge in [-0.2, -0.15) is 0 Å². The summed E-state index contributed by atoms with van der Waals surface area (Å²) >= 11 is 0. The third-order valence-corrected chi connectivity index (χ3v) is 0.774. The molecule has 0 aliphatic rings. The number of rotatable bonds is 3. The second kappa shape index (κ2) is 4.54. The number of nitrogens with two attached hydrogens (primary N) is 1. The quantitative estimate of drug-likeness (QED) is 0.551. The zero-order valence-corrected chi connectivity index (χ0v) is 6.59. The molecule has 0 aliphatic heterocycles. The molecule has 64 valence electrons. The average molecular weight is 160 g/mol. The Morgan fingerprint density at radius 1 is 1.55 bits per heavy atom. The van der Waals surface area contributed by atoms with Crippen LogP contribution < -0.4 is 11.1 Å². The topological polar surface area (TPSA) is 81.4 Å². The lowest BCUT2D eigenvalue weighted by Crippen LogP contribution is -2.35. The van der Waals surface area contributed by atoms with Gasteiger partial charge in [0.2, 0.25) is 0 Å². The Hall–Kier alpha value is -1.26. The van der Waals surface area contributed by atoms with Gasteiger partial charge in [-0.1, -0.05) is 0 Å². The van der Waals surface area contributed by atoms with Crippen LogP contribution in [0.2, 0.25) is 0 Å². The fraction of sp³-hybridized carbons (Fsp3) is 0.667. The standard InChI is InChI=1S/C6H12N2O3/c1-4(2)11-5(9)3-8-6(7)10/h4H,3H2,1-2H3,(H3,7,8,10). The summed E-state index contributed by atoms with van der Waals surface area (Å²) in [5.41, 5.74) is 4.71. The molecule has 0 rings (SSSR count). The van der Waals surface area contributed by atoms with Gasteiger partial charge < -0.3 is 15.8 Å². The third kappa shape index (κ3) is 6.63. The van der Waals surface area contributed by atoms with E-state index in [0.29, 0.717) is 0 Å². The van der Waals surface area contributed by atoms with Crippen molar-refractivity contribution in [3.63, 3.8) is 0 Å². The molecule has 0 aromatic carbocycles. The summed E-state index contributed by atoms with van der Waals surface area (Å²) in [5.74, 6) is -0.487. The Bertz CT molecular complexity index is 156. The number of nitrogens with one attached hydrogen (secondary N) is 1. The van der Waals surface area contributed by atoms with Gasteiger partial charge in [0.15, 0.2) is 0 Å². The molecule has 0 spiro atoms. The minimum absolute atomic E-state index is 0.169. The zero-order chi connectivity index (χ0) is 8.85. The van der Waals surface area contributed by atoms with Crippen LogP contribution in [0.1, 0.15) is 13.8 Å². The van der Waals surface area contributed by atoms with E-state index >= 15 is 0 Å². The van der Waals surface area contributed by atoms with E-state index in [-0.39, 0.29) is 12.6 Å². The number of carbonyl (C=O) groups excluding carboxylic acids is 2. The molecule has 2 amide bonds. The maximum atomic E-state index is 10.7. The molecule has 5 heteroatoms. The lowest BCUT2D eigenvalue weighted by Gasteiger charge is -2.06. The first-order valence-corrected chi connectivity index (χ1v) is 3.25. The number of urea groups is 1. The maximum Gasteiger partial charge on any atom is 0.325 e. The average Bonchev–Trinajstić information content (AvgIpc) is 1.82. The van der Waals surface area contributed by atoms with Crippen molar-refractivity contribution in [2.45, 2.75) is 20.0 Å². The van der Waals surface area contributed by atoms with Crippen molar-refractivity contribution in [3.05, 3.63) is 0 Å². The molecule has 0 fully saturated rings. The Balaban J connectivity index is 3.45. The van der Waals surface area contributed by atoms with Crippen LogP contribution in [0.25, 0.3) is 0 Å². The molecule has 0 aromatic rings. The number of amides is 2. The molecule has 3 N–H and O–H groups in total. The number of primary amides is 1. The lowest BCUT2D eigenvalue weighted by atomic mass is 10.5. The summed E-state index contributed by atoms with van der Waals surface area (Å²) < 4.78 is 4.69. The SMILES string of the molecule is CC(C)OC(=O)CNC(N)=O. The van der Waals surface area contributed by atoms with E-state index in [1.807, 2.05) is 0 Å². The van der Waals surface area contributed by atoms with E-state index in [0.717, 1.165) is 0 Å². The van der Waals surface area contributed by atoms with Crippen LogP contribution in [0, 0.1) is 0 Å². The van der Waals surface area contributed by atoms with Gasteiger partial charge in [0.05, 0.1) is 6.10 Å². The van der Waals surface area contributed by atoms with E-state index in [9.17, 15) is 9.59 Å². The van der Waals surface area contributed by atoms with Crippen LogP contribution in [0.5, 0.6) is 0 Å². The maximum absolute atomic E-state index is 10.7. The Morgan fingerprint density at radius 2 is 2.09 bits per heavy atom. The summed E-state index contributed by atoms with van der Waals surface area (Å²) in [6.07, 6.45) is -0.169. The summed E-state index contributed by atoms with van der Waals surface area (Å²) in [4.78, 5) is 20.8. The number of hydrogen-bond acceptors (Lipinski definition) is 3. The van der Waals surface area contributed by atoms with E-state index in [4.69, 9.17) is 10.5 Å². The monoisotopic (exact) mass is 160 g/mol. The first-order valence-electron chi connectivity index (χ1n) is 3.25. The zero-order valence-electron chi connectivity index (χ0n) is 6.59. The van der Waals surface area contributed by atoms with Crippen LogP contribution in [-0.2, 0) is 9.53 Å². The normalized spacial score (nSPS) is 9.36. The molecule has 0 atom stereocenters. The van der Waals surface area contributed by atoms with Crippen molar-refractivity contribution in [2.24, 2.45) is 5.73 Å². The smallest absolute Gasteiger partial charge is 0.325 e. The predicted octanol–water partition coefficient (Wildman–Crippen LogP) is -0.394. The van der Waals surface area contributed by atoms with Gasteiger partial charge in [0.1, 0.15) is 6.54 Å². The van der Waals surface area contributed by atoms with Crippen LogP contribution >= 0.6 is 0 Å². The Kier molecular flexibility index (Phi) is 4.02. The van der Waals surface area contributed by atoms with Crippen LogP contribution in [0.4, 0.5) is 4.79 Å². The molecule has 0 bridgehead atoms. The van der Waals surface area contributed by atoms with Gasteiger partial charge >= 0.3 is 12.0 Å². The minimum Gasteiger partial charge on any atom is -0.462 e. The van der Waals surface area contributed by atoms with Crippen molar-refractivity contribution >= 4 is 12.0 Å². The van der Waals surface area contributed by atoms with Crippen molar-refractivity contribution in [2.75, 3.05) is 6.54 Å². The molecular formula is C6H12N2O3.